The fourth-order valence-electron chi connectivity index (χ4n) is 1.92. The van der Waals surface area contributed by atoms with Crippen LogP contribution in [0.25, 0.3) is 0 Å². The number of hydrogen-bond acceptors (Lipinski definition) is 6. The van der Waals surface area contributed by atoms with Crippen LogP contribution in [0.4, 0.5) is 11.4 Å². The van der Waals surface area contributed by atoms with Gasteiger partial charge in [-0.25, -0.2) is 0 Å². The van der Waals surface area contributed by atoms with Crippen molar-refractivity contribution in [2.45, 2.75) is 0 Å². The number of ether oxygens (including phenoxy) is 2. The van der Waals surface area contributed by atoms with E-state index in [1.165, 1.54) is 6.07 Å². The number of anilines is 1. The first-order valence-electron chi connectivity index (χ1n) is 6.07. The highest BCUT2D eigenvalue weighted by Crippen LogP contribution is 2.40. The topological polar surface area (TPSA) is 76.9 Å². The van der Waals surface area contributed by atoms with Gasteiger partial charge in [0.05, 0.1) is 11.0 Å². The summed E-state index contributed by atoms with van der Waals surface area (Å²) in [6, 6.07) is 3.10. The summed E-state index contributed by atoms with van der Waals surface area (Å²) in [4.78, 5) is 12.6. The normalized spacial score (nSPS) is 13.2. The number of nitro groups is 1. The van der Waals surface area contributed by atoms with Crippen LogP contribution in [-0.4, -0.2) is 45.3 Å². The number of nitro benzene ring substituents is 1. The SMILES string of the molecule is CNCCN(C)c1cc2c(cc1[N+](=O)[O-])OCCO2. The molecule has 1 heterocycles. The van der Waals surface area contributed by atoms with Crippen molar-refractivity contribution in [1.29, 1.82) is 0 Å². The molecule has 1 N–H and O–H groups in total. The molecule has 19 heavy (non-hydrogen) atoms. The van der Waals surface area contributed by atoms with E-state index in [1.54, 1.807) is 6.07 Å². The lowest BCUT2D eigenvalue weighted by Gasteiger charge is -2.23. The molecular formula is C12H17N3O4. The Kier molecular flexibility index (Phi) is 4.06. The first-order chi connectivity index (χ1) is 9.13. The molecular weight excluding hydrogens is 250 g/mol. The van der Waals surface area contributed by atoms with Gasteiger partial charge in [0.1, 0.15) is 18.9 Å². The lowest BCUT2D eigenvalue weighted by molar-refractivity contribution is -0.384. The van der Waals surface area contributed by atoms with E-state index in [-0.39, 0.29) is 5.69 Å². The number of rotatable bonds is 5. The molecule has 7 heteroatoms. The average molecular weight is 267 g/mol. The summed E-state index contributed by atoms with van der Waals surface area (Å²) in [6.07, 6.45) is 0. The largest absolute Gasteiger partial charge is 0.486 e. The van der Waals surface area contributed by atoms with Crippen LogP contribution in [0.15, 0.2) is 12.1 Å². The molecule has 0 unspecified atom stereocenters. The minimum Gasteiger partial charge on any atom is -0.486 e. The average Bonchev–Trinajstić information content (AvgIpc) is 2.43. The fraction of sp³-hybridized carbons (Fsp3) is 0.500. The second-order valence-electron chi connectivity index (χ2n) is 4.27. The van der Waals surface area contributed by atoms with E-state index < -0.39 is 4.92 Å². The zero-order valence-electron chi connectivity index (χ0n) is 11.0. The smallest absolute Gasteiger partial charge is 0.296 e. The molecule has 0 radical (unpaired) electrons. The summed E-state index contributed by atoms with van der Waals surface area (Å²) < 4.78 is 10.8. The van der Waals surface area contributed by atoms with Gasteiger partial charge in [0.25, 0.3) is 5.69 Å². The Morgan fingerprint density at radius 1 is 1.37 bits per heavy atom. The number of benzene rings is 1. The van der Waals surface area contributed by atoms with Crippen molar-refractivity contribution in [3.63, 3.8) is 0 Å². The van der Waals surface area contributed by atoms with Gasteiger partial charge in [-0.3, -0.25) is 10.1 Å². The molecule has 0 aromatic heterocycles. The minimum absolute atomic E-state index is 0.0304. The molecule has 0 fully saturated rings. The summed E-state index contributed by atoms with van der Waals surface area (Å²) in [5.41, 5.74) is 0.562. The Balaban J connectivity index is 2.36. The maximum absolute atomic E-state index is 11.2. The zero-order chi connectivity index (χ0) is 13.8. The van der Waals surface area contributed by atoms with Gasteiger partial charge in [0.2, 0.25) is 0 Å². The Morgan fingerprint density at radius 2 is 2.00 bits per heavy atom. The third kappa shape index (κ3) is 2.87. The van der Waals surface area contributed by atoms with Gasteiger partial charge in [0, 0.05) is 26.2 Å². The second kappa shape index (κ2) is 5.75. The summed E-state index contributed by atoms with van der Waals surface area (Å²) in [5.74, 6) is 0.992. The first kappa shape index (κ1) is 13.4. The van der Waals surface area contributed by atoms with Crippen LogP contribution in [-0.2, 0) is 0 Å². The molecule has 0 atom stereocenters. The Bertz CT molecular complexity index is 478. The highest BCUT2D eigenvalue weighted by Gasteiger charge is 2.24. The predicted octanol–water partition coefficient (Wildman–Crippen LogP) is 1.02. The number of fused-ring (bicyclic) bond motifs is 1. The van der Waals surface area contributed by atoms with Crippen LogP contribution in [0.3, 0.4) is 0 Å². The van der Waals surface area contributed by atoms with Gasteiger partial charge < -0.3 is 19.7 Å². The molecule has 1 aromatic carbocycles. The van der Waals surface area contributed by atoms with Crippen LogP contribution in [0.1, 0.15) is 0 Å². The van der Waals surface area contributed by atoms with Crippen molar-refractivity contribution >= 4 is 11.4 Å². The summed E-state index contributed by atoms with van der Waals surface area (Å²) in [6.45, 7) is 2.28. The van der Waals surface area contributed by atoms with E-state index in [4.69, 9.17) is 9.47 Å². The highest BCUT2D eigenvalue weighted by molar-refractivity contribution is 5.69. The molecule has 0 saturated heterocycles. The van der Waals surface area contributed by atoms with Crippen molar-refractivity contribution in [3.8, 4) is 11.5 Å². The second-order valence-corrected chi connectivity index (χ2v) is 4.27. The van der Waals surface area contributed by atoms with E-state index in [0.29, 0.717) is 36.9 Å². The van der Waals surface area contributed by atoms with Crippen molar-refractivity contribution in [2.75, 3.05) is 45.3 Å². The van der Waals surface area contributed by atoms with E-state index in [1.807, 2.05) is 19.0 Å². The van der Waals surface area contributed by atoms with Crippen molar-refractivity contribution < 1.29 is 14.4 Å². The number of hydrogen-bond donors (Lipinski definition) is 1. The van der Waals surface area contributed by atoms with Gasteiger partial charge in [-0.15, -0.1) is 0 Å². The van der Waals surface area contributed by atoms with Gasteiger partial charge in [-0.05, 0) is 7.05 Å². The Labute approximate surface area is 111 Å². The van der Waals surface area contributed by atoms with Crippen LogP contribution >= 0.6 is 0 Å². The zero-order valence-corrected chi connectivity index (χ0v) is 11.0. The molecule has 0 amide bonds. The Morgan fingerprint density at radius 3 is 2.58 bits per heavy atom. The van der Waals surface area contributed by atoms with Crippen LogP contribution < -0.4 is 19.7 Å². The van der Waals surface area contributed by atoms with Crippen LogP contribution in [0.5, 0.6) is 11.5 Å². The van der Waals surface area contributed by atoms with Gasteiger partial charge >= 0.3 is 0 Å². The summed E-state index contributed by atoms with van der Waals surface area (Å²) in [7, 11) is 3.65. The molecule has 0 spiro atoms. The maximum Gasteiger partial charge on any atom is 0.296 e. The fourth-order valence-corrected chi connectivity index (χ4v) is 1.92. The van der Waals surface area contributed by atoms with Crippen LogP contribution in [0, 0.1) is 10.1 Å². The van der Waals surface area contributed by atoms with Gasteiger partial charge in [0.15, 0.2) is 11.5 Å². The minimum atomic E-state index is -0.399. The molecule has 0 bridgehead atoms. The molecule has 1 aliphatic rings. The molecule has 0 aliphatic carbocycles. The third-order valence-electron chi connectivity index (χ3n) is 2.94. The number of nitrogens with one attached hydrogen (secondary N) is 1. The van der Waals surface area contributed by atoms with Gasteiger partial charge in [-0.1, -0.05) is 0 Å². The van der Waals surface area contributed by atoms with Crippen molar-refractivity contribution in [2.24, 2.45) is 0 Å². The molecule has 104 valence electrons. The number of nitrogens with zero attached hydrogens (tertiary/aromatic N) is 2. The molecule has 2 rings (SSSR count). The molecule has 1 aromatic rings. The third-order valence-corrected chi connectivity index (χ3v) is 2.94. The van der Waals surface area contributed by atoms with E-state index in [0.717, 1.165) is 6.54 Å². The van der Waals surface area contributed by atoms with E-state index in [2.05, 4.69) is 5.32 Å². The van der Waals surface area contributed by atoms with Gasteiger partial charge in [-0.2, -0.15) is 0 Å². The van der Waals surface area contributed by atoms with Crippen molar-refractivity contribution in [3.05, 3.63) is 22.2 Å². The summed E-state index contributed by atoms with van der Waals surface area (Å²) >= 11 is 0. The Hall–Kier alpha value is -2.02. The van der Waals surface area contributed by atoms with E-state index >= 15 is 0 Å². The monoisotopic (exact) mass is 267 g/mol. The molecule has 0 saturated carbocycles. The van der Waals surface area contributed by atoms with E-state index in [9.17, 15) is 10.1 Å². The first-order valence-corrected chi connectivity index (χ1v) is 6.07. The quantitative estimate of drug-likeness (QED) is 0.634. The van der Waals surface area contributed by atoms with Crippen molar-refractivity contribution in [1.82, 2.24) is 5.32 Å². The number of likely N-dealkylation sites (N-methyl/N-ethyl adjacent to an activating group) is 2. The predicted molar refractivity (Wildman–Crippen MR) is 71.3 cm³/mol. The standard InChI is InChI=1S/C12H17N3O4/c1-13-3-4-14(2)9-7-11-12(19-6-5-18-11)8-10(9)15(16)17/h7-8,13H,3-6H2,1-2H3. The molecule has 1 aliphatic heterocycles. The lowest BCUT2D eigenvalue weighted by Crippen LogP contribution is -2.28. The lowest BCUT2D eigenvalue weighted by atomic mass is 10.2. The highest BCUT2D eigenvalue weighted by atomic mass is 16.6. The maximum atomic E-state index is 11.2. The van der Waals surface area contributed by atoms with Crippen LogP contribution in [0.2, 0.25) is 0 Å². The summed E-state index contributed by atoms with van der Waals surface area (Å²) in [5, 5.41) is 14.2. The molecule has 7 nitrogen and oxygen atoms in total.